The van der Waals surface area contributed by atoms with E-state index < -0.39 is 23.5 Å². The molecular weight excluding hydrogens is 380 g/mol. The van der Waals surface area contributed by atoms with Crippen molar-refractivity contribution in [2.45, 2.75) is 26.8 Å². The molecule has 0 saturated heterocycles. The quantitative estimate of drug-likeness (QED) is 0.638. The molecule has 146 valence electrons. The number of nitrogens with zero attached hydrogens (tertiary/aromatic N) is 2. The average Bonchev–Trinajstić information content (AvgIpc) is 3.00. The van der Waals surface area contributed by atoms with Gasteiger partial charge in [-0.2, -0.15) is 0 Å². The minimum Gasteiger partial charge on any atom is -0.479 e. The molecule has 0 aliphatic heterocycles. The molecule has 0 fully saturated rings. The highest BCUT2D eigenvalue weighted by atomic mass is 32.1. The van der Waals surface area contributed by atoms with Gasteiger partial charge in [-0.15, -0.1) is 11.3 Å². The molecule has 1 N–H and O–H groups in total. The van der Waals surface area contributed by atoms with Crippen LogP contribution in [-0.2, 0) is 9.53 Å². The Balaban J connectivity index is 2.11. The van der Waals surface area contributed by atoms with Crippen LogP contribution in [0.2, 0.25) is 0 Å². The highest BCUT2D eigenvalue weighted by Gasteiger charge is 2.26. The van der Waals surface area contributed by atoms with Gasteiger partial charge < -0.3 is 9.84 Å². The van der Waals surface area contributed by atoms with Crippen molar-refractivity contribution < 1.29 is 19.4 Å². The molecule has 0 aliphatic rings. The number of aryl methyl sites for hydroxylation is 1. The number of carboxylic acid groups (broad SMARTS) is 1. The van der Waals surface area contributed by atoms with Crippen LogP contribution in [0.3, 0.4) is 0 Å². The monoisotopic (exact) mass is 400 g/mol. The predicted octanol–water partition coefficient (Wildman–Crippen LogP) is 3.25. The Hall–Kier alpha value is -3.00. The summed E-state index contributed by atoms with van der Waals surface area (Å²) in [6.07, 6.45) is 1.22. The van der Waals surface area contributed by atoms with Gasteiger partial charge in [0.25, 0.3) is 5.56 Å². The number of thiophene rings is 1. The predicted molar refractivity (Wildman–Crippen MR) is 106 cm³/mol. The Kier molecular flexibility index (Phi) is 5.60. The van der Waals surface area contributed by atoms with Gasteiger partial charge in [0.1, 0.15) is 16.0 Å². The summed E-state index contributed by atoms with van der Waals surface area (Å²) >= 11 is 1.08. The Morgan fingerprint density at radius 1 is 1.25 bits per heavy atom. The number of carbonyl (C=O) groups is 2. The Morgan fingerprint density at radius 3 is 2.54 bits per heavy atom. The van der Waals surface area contributed by atoms with Crippen molar-refractivity contribution in [2.75, 3.05) is 6.61 Å². The van der Waals surface area contributed by atoms with Crippen LogP contribution in [0.15, 0.2) is 41.5 Å². The highest BCUT2D eigenvalue weighted by molar-refractivity contribution is 7.20. The number of fused-ring (bicyclic) bond motifs is 1. The first-order chi connectivity index (χ1) is 13.3. The number of aromatic nitrogens is 2. The van der Waals surface area contributed by atoms with Crippen LogP contribution in [-0.4, -0.2) is 33.2 Å². The number of hydrogen-bond acceptors (Lipinski definition) is 6. The molecule has 0 radical (unpaired) electrons. The van der Waals surface area contributed by atoms with Gasteiger partial charge in [-0.05, 0) is 24.0 Å². The number of esters is 1. The zero-order valence-corrected chi connectivity index (χ0v) is 16.5. The number of ether oxygens (including phenoxy) is 1. The summed E-state index contributed by atoms with van der Waals surface area (Å²) in [5, 5.41) is 9.94. The van der Waals surface area contributed by atoms with Crippen molar-refractivity contribution in [1.82, 2.24) is 9.55 Å². The van der Waals surface area contributed by atoms with E-state index in [1.807, 2.05) is 13.8 Å². The number of carbonyl (C=O) groups excluding carboxylic acids is 1. The van der Waals surface area contributed by atoms with E-state index >= 15 is 0 Å². The minimum absolute atomic E-state index is 0.191. The molecule has 0 bridgehead atoms. The van der Waals surface area contributed by atoms with Gasteiger partial charge in [-0.1, -0.05) is 44.2 Å². The topological polar surface area (TPSA) is 98.5 Å². The number of carboxylic acids is 1. The van der Waals surface area contributed by atoms with Gasteiger partial charge >= 0.3 is 11.9 Å². The fourth-order valence-electron chi connectivity index (χ4n) is 2.88. The summed E-state index contributed by atoms with van der Waals surface area (Å²) in [6, 6.07) is 7.27. The number of aliphatic carboxylic acids is 1. The van der Waals surface area contributed by atoms with Crippen molar-refractivity contribution in [3.63, 3.8) is 0 Å². The lowest BCUT2D eigenvalue weighted by atomic mass is 10.1. The molecule has 3 rings (SSSR count). The maximum atomic E-state index is 13.1. The Labute approximate surface area is 165 Å². The normalized spacial score (nSPS) is 12.3. The molecular formula is C20H20N2O5S. The summed E-state index contributed by atoms with van der Waals surface area (Å²) in [5.41, 5.74) is 0.415. The lowest BCUT2D eigenvalue weighted by Crippen LogP contribution is -2.30. The van der Waals surface area contributed by atoms with Gasteiger partial charge in [-0.3, -0.25) is 9.36 Å². The molecule has 2 heterocycles. The van der Waals surface area contributed by atoms with Crippen molar-refractivity contribution in [1.29, 1.82) is 0 Å². The largest absolute Gasteiger partial charge is 0.479 e. The fourth-order valence-corrected chi connectivity index (χ4v) is 3.91. The van der Waals surface area contributed by atoms with Gasteiger partial charge in [0.15, 0.2) is 6.04 Å². The summed E-state index contributed by atoms with van der Waals surface area (Å²) in [6.45, 7) is 5.79. The second-order valence-corrected chi connectivity index (χ2v) is 7.84. The van der Waals surface area contributed by atoms with Crippen molar-refractivity contribution in [3.8, 4) is 0 Å². The van der Waals surface area contributed by atoms with E-state index in [-0.39, 0.29) is 17.9 Å². The number of rotatable bonds is 6. The lowest BCUT2D eigenvalue weighted by Gasteiger charge is -2.15. The Morgan fingerprint density at radius 2 is 1.93 bits per heavy atom. The third-order valence-corrected chi connectivity index (χ3v) is 5.42. The summed E-state index contributed by atoms with van der Waals surface area (Å²) in [4.78, 5) is 42.3. The highest BCUT2D eigenvalue weighted by Crippen LogP contribution is 2.28. The summed E-state index contributed by atoms with van der Waals surface area (Å²) < 4.78 is 6.35. The average molecular weight is 400 g/mol. The van der Waals surface area contributed by atoms with E-state index in [0.29, 0.717) is 20.8 Å². The van der Waals surface area contributed by atoms with Crippen molar-refractivity contribution >= 4 is 33.5 Å². The standard InChI is InChI=1S/C20H20N2O5S/c1-11(2)9-27-20(26)16-12(3)14-17(28-16)21-10-22(18(14)23)15(19(24)25)13-7-5-4-6-8-13/h4-8,10-11,15H,9H2,1-3H3,(H,24,25). The van der Waals surface area contributed by atoms with E-state index in [2.05, 4.69) is 4.98 Å². The minimum atomic E-state index is -1.21. The second kappa shape index (κ2) is 7.93. The first kappa shape index (κ1) is 19.8. The maximum Gasteiger partial charge on any atom is 0.348 e. The molecule has 0 spiro atoms. The van der Waals surface area contributed by atoms with Crippen LogP contribution >= 0.6 is 11.3 Å². The smallest absolute Gasteiger partial charge is 0.348 e. The zero-order valence-electron chi connectivity index (χ0n) is 15.7. The summed E-state index contributed by atoms with van der Waals surface area (Å²) in [7, 11) is 0. The van der Waals surface area contributed by atoms with Crippen LogP contribution < -0.4 is 5.56 Å². The number of hydrogen-bond donors (Lipinski definition) is 1. The third-order valence-electron chi connectivity index (χ3n) is 4.24. The van der Waals surface area contributed by atoms with Gasteiger partial charge in [0.2, 0.25) is 0 Å². The molecule has 1 aromatic carbocycles. The fraction of sp³-hybridized carbons (Fsp3) is 0.300. The van der Waals surface area contributed by atoms with Crippen LogP contribution in [0, 0.1) is 12.8 Å². The van der Waals surface area contributed by atoms with Crippen LogP contribution in [0.1, 0.15) is 40.7 Å². The molecule has 1 unspecified atom stereocenters. The van der Waals surface area contributed by atoms with Gasteiger partial charge in [0.05, 0.1) is 12.0 Å². The molecule has 0 saturated carbocycles. The number of benzene rings is 1. The molecule has 8 heteroatoms. The van der Waals surface area contributed by atoms with E-state index in [1.54, 1.807) is 37.3 Å². The summed E-state index contributed by atoms with van der Waals surface area (Å²) in [5.74, 6) is -1.48. The molecule has 1 atom stereocenters. The second-order valence-electron chi connectivity index (χ2n) is 6.84. The maximum absolute atomic E-state index is 13.1. The van der Waals surface area contributed by atoms with Crippen molar-refractivity contribution in [3.05, 3.63) is 63.0 Å². The Bertz CT molecular complexity index is 1090. The van der Waals surface area contributed by atoms with Gasteiger partial charge in [0, 0.05) is 0 Å². The van der Waals surface area contributed by atoms with E-state index in [0.717, 1.165) is 15.9 Å². The zero-order chi connectivity index (χ0) is 20.4. The molecule has 3 aromatic rings. The first-order valence-electron chi connectivity index (χ1n) is 8.76. The van der Waals surface area contributed by atoms with Gasteiger partial charge in [-0.25, -0.2) is 14.6 Å². The van der Waals surface area contributed by atoms with E-state index in [4.69, 9.17) is 4.74 Å². The van der Waals surface area contributed by atoms with Crippen LogP contribution in [0.4, 0.5) is 0 Å². The third kappa shape index (κ3) is 3.68. The van der Waals surface area contributed by atoms with E-state index in [9.17, 15) is 19.5 Å². The molecule has 2 aromatic heterocycles. The lowest BCUT2D eigenvalue weighted by molar-refractivity contribution is -0.139. The first-order valence-corrected chi connectivity index (χ1v) is 9.58. The van der Waals surface area contributed by atoms with Crippen molar-refractivity contribution in [2.24, 2.45) is 5.92 Å². The molecule has 28 heavy (non-hydrogen) atoms. The molecule has 0 aliphatic carbocycles. The SMILES string of the molecule is Cc1c(C(=O)OCC(C)C)sc2ncn(C(C(=O)O)c3ccccc3)c(=O)c12. The van der Waals surface area contributed by atoms with Crippen LogP contribution in [0.5, 0.6) is 0 Å². The van der Waals surface area contributed by atoms with E-state index in [1.165, 1.54) is 6.33 Å². The molecule has 0 amide bonds. The molecule has 7 nitrogen and oxygen atoms in total. The van der Waals surface area contributed by atoms with Crippen LogP contribution in [0.25, 0.3) is 10.2 Å².